The summed E-state index contributed by atoms with van der Waals surface area (Å²) >= 11 is 0. The van der Waals surface area contributed by atoms with E-state index in [0.717, 1.165) is 5.69 Å². The second kappa shape index (κ2) is 5.98. The van der Waals surface area contributed by atoms with Gasteiger partial charge in [-0.15, -0.1) is 0 Å². The van der Waals surface area contributed by atoms with Crippen LogP contribution in [0, 0.1) is 0 Å². The van der Waals surface area contributed by atoms with Gasteiger partial charge in [-0.1, -0.05) is 0 Å². The van der Waals surface area contributed by atoms with Crippen molar-refractivity contribution >= 4 is 17.4 Å². The lowest BCUT2D eigenvalue weighted by molar-refractivity contribution is -0.143. The van der Waals surface area contributed by atoms with Crippen LogP contribution in [-0.2, 0) is 4.79 Å². The minimum absolute atomic E-state index is 0.00361. The Hall–Kier alpha value is -1.98. The number of benzene rings is 1. The number of carbonyl (C=O) groups excluding carboxylic acids is 2. The maximum absolute atomic E-state index is 12.3. The minimum atomic E-state index is -2.93. The molecule has 6 heteroatoms. The summed E-state index contributed by atoms with van der Waals surface area (Å²) in [5.74, 6) is -1.10. The van der Waals surface area contributed by atoms with E-state index in [-0.39, 0.29) is 18.9 Å². The van der Waals surface area contributed by atoms with E-state index in [1.165, 1.54) is 11.8 Å². The zero-order valence-corrected chi connectivity index (χ0v) is 11.2. The van der Waals surface area contributed by atoms with Crippen LogP contribution in [0.2, 0.25) is 0 Å². The fraction of sp³-hybridized carbons (Fsp3) is 0.429. The van der Waals surface area contributed by atoms with Crippen molar-refractivity contribution in [2.45, 2.75) is 13.3 Å². The summed E-state index contributed by atoms with van der Waals surface area (Å²) in [6, 6.07) is 7.16. The first kappa shape index (κ1) is 14.4. The van der Waals surface area contributed by atoms with Gasteiger partial charge in [-0.2, -0.15) is 8.78 Å². The molecule has 0 atom stereocenters. The Bertz CT molecular complexity index is 494. The first-order valence-corrected chi connectivity index (χ1v) is 6.42. The third-order valence-electron chi connectivity index (χ3n) is 3.42. The van der Waals surface area contributed by atoms with Gasteiger partial charge < -0.3 is 9.80 Å². The average molecular weight is 282 g/mol. The highest BCUT2D eigenvalue weighted by atomic mass is 19.3. The van der Waals surface area contributed by atoms with Crippen molar-refractivity contribution in [3.63, 3.8) is 0 Å². The maximum Gasteiger partial charge on any atom is 0.315 e. The molecule has 0 aliphatic carbocycles. The Morgan fingerprint density at radius 2 is 1.60 bits per heavy atom. The summed E-state index contributed by atoms with van der Waals surface area (Å²) in [5, 5.41) is 0. The molecule has 1 fully saturated rings. The van der Waals surface area contributed by atoms with Crippen molar-refractivity contribution in [1.82, 2.24) is 4.90 Å². The zero-order chi connectivity index (χ0) is 14.7. The third kappa shape index (κ3) is 3.12. The van der Waals surface area contributed by atoms with Gasteiger partial charge in [0.15, 0.2) is 5.78 Å². The summed E-state index contributed by atoms with van der Waals surface area (Å²) < 4.78 is 24.6. The molecule has 1 aromatic carbocycles. The molecule has 4 nitrogen and oxygen atoms in total. The predicted octanol–water partition coefficient (Wildman–Crippen LogP) is 1.80. The number of anilines is 1. The minimum Gasteiger partial charge on any atom is -0.368 e. The lowest BCUT2D eigenvalue weighted by Crippen LogP contribution is -2.50. The highest BCUT2D eigenvalue weighted by Gasteiger charge is 2.26. The number of carbonyl (C=O) groups is 2. The van der Waals surface area contributed by atoms with Gasteiger partial charge in [0.05, 0.1) is 0 Å². The van der Waals surface area contributed by atoms with Crippen LogP contribution in [-0.4, -0.2) is 49.2 Å². The van der Waals surface area contributed by atoms with Crippen molar-refractivity contribution in [3.8, 4) is 0 Å². The van der Waals surface area contributed by atoms with Gasteiger partial charge in [-0.25, -0.2) is 0 Å². The molecule has 0 N–H and O–H groups in total. The number of rotatable bonds is 3. The molecule has 1 aliphatic rings. The number of hydrogen-bond acceptors (Lipinski definition) is 3. The van der Waals surface area contributed by atoms with Crippen LogP contribution in [0.15, 0.2) is 24.3 Å². The van der Waals surface area contributed by atoms with Crippen LogP contribution in [0.4, 0.5) is 14.5 Å². The standard InChI is InChI=1S/C14H16F2N2O2/c1-10(19)11-2-4-12(5-3-11)17-6-8-18(9-7-17)14(20)13(15)16/h2-5,13H,6-9H2,1H3. The zero-order valence-electron chi connectivity index (χ0n) is 11.2. The van der Waals surface area contributed by atoms with Crippen LogP contribution in [0.1, 0.15) is 17.3 Å². The van der Waals surface area contributed by atoms with Gasteiger partial charge in [0.1, 0.15) is 0 Å². The van der Waals surface area contributed by atoms with Crippen molar-refractivity contribution in [2.24, 2.45) is 0 Å². The number of nitrogens with zero attached hydrogens (tertiary/aromatic N) is 2. The summed E-state index contributed by atoms with van der Waals surface area (Å²) in [4.78, 5) is 25.6. The van der Waals surface area contributed by atoms with Crippen LogP contribution < -0.4 is 4.90 Å². The fourth-order valence-corrected chi connectivity index (χ4v) is 2.23. The number of amides is 1. The quantitative estimate of drug-likeness (QED) is 0.794. The van der Waals surface area contributed by atoms with Crippen LogP contribution in [0.3, 0.4) is 0 Å². The summed E-state index contributed by atoms with van der Waals surface area (Å²) in [6.45, 7) is 3.11. The van der Waals surface area contributed by atoms with E-state index < -0.39 is 12.3 Å². The predicted molar refractivity (Wildman–Crippen MR) is 71.2 cm³/mol. The Morgan fingerprint density at radius 3 is 2.05 bits per heavy atom. The Balaban J connectivity index is 1.97. The number of alkyl halides is 2. The van der Waals surface area contributed by atoms with Gasteiger partial charge >= 0.3 is 6.43 Å². The lowest BCUT2D eigenvalue weighted by Gasteiger charge is -2.36. The summed E-state index contributed by atoms with van der Waals surface area (Å²) in [7, 11) is 0. The van der Waals surface area contributed by atoms with E-state index in [2.05, 4.69) is 0 Å². The second-order valence-electron chi connectivity index (χ2n) is 4.72. The van der Waals surface area contributed by atoms with Gasteiger partial charge in [-0.3, -0.25) is 9.59 Å². The normalized spacial score (nSPS) is 15.6. The lowest BCUT2D eigenvalue weighted by atomic mass is 10.1. The molecular formula is C14H16F2N2O2. The molecular weight excluding hydrogens is 266 g/mol. The molecule has 1 heterocycles. The number of hydrogen-bond donors (Lipinski definition) is 0. The molecule has 2 rings (SSSR count). The first-order valence-electron chi connectivity index (χ1n) is 6.42. The van der Waals surface area contributed by atoms with E-state index >= 15 is 0 Å². The highest BCUT2D eigenvalue weighted by molar-refractivity contribution is 5.94. The summed E-state index contributed by atoms with van der Waals surface area (Å²) in [6.07, 6.45) is -2.93. The smallest absolute Gasteiger partial charge is 0.315 e. The van der Waals surface area contributed by atoms with E-state index in [0.29, 0.717) is 18.7 Å². The second-order valence-corrected chi connectivity index (χ2v) is 4.72. The molecule has 1 saturated heterocycles. The Kier molecular flexibility index (Phi) is 4.32. The fourth-order valence-electron chi connectivity index (χ4n) is 2.23. The van der Waals surface area contributed by atoms with Gasteiger partial charge in [0.2, 0.25) is 0 Å². The number of piperazine rings is 1. The largest absolute Gasteiger partial charge is 0.368 e. The van der Waals surface area contributed by atoms with Crippen molar-refractivity contribution in [3.05, 3.63) is 29.8 Å². The molecule has 1 aromatic rings. The highest BCUT2D eigenvalue weighted by Crippen LogP contribution is 2.18. The van der Waals surface area contributed by atoms with E-state index in [4.69, 9.17) is 0 Å². The third-order valence-corrected chi connectivity index (χ3v) is 3.42. The van der Waals surface area contributed by atoms with Crippen LogP contribution in [0.25, 0.3) is 0 Å². The molecule has 0 spiro atoms. The molecule has 0 saturated carbocycles. The van der Waals surface area contributed by atoms with E-state index in [1.54, 1.807) is 12.1 Å². The first-order chi connectivity index (χ1) is 9.49. The number of Topliss-reactive ketones (excluding diaryl/α,β-unsaturated/α-hetero) is 1. The molecule has 1 amide bonds. The van der Waals surface area contributed by atoms with E-state index in [9.17, 15) is 18.4 Å². The van der Waals surface area contributed by atoms with Gasteiger partial charge in [0, 0.05) is 37.4 Å². The van der Waals surface area contributed by atoms with Crippen molar-refractivity contribution < 1.29 is 18.4 Å². The Labute approximate surface area is 116 Å². The maximum atomic E-state index is 12.3. The van der Waals surface area contributed by atoms with Crippen LogP contribution >= 0.6 is 0 Å². The molecule has 0 unspecified atom stereocenters. The molecule has 20 heavy (non-hydrogen) atoms. The molecule has 0 bridgehead atoms. The van der Waals surface area contributed by atoms with Gasteiger partial charge in [-0.05, 0) is 31.2 Å². The van der Waals surface area contributed by atoms with Gasteiger partial charge in [0.25, 0.3) is 5.91 Å². The number of ketones is 1. The molecule has 108 valence electrons. The van der Waals surface area contributed by atoms with E-state index in [1.807, 2.05) is 17.0 Å². The summed E-state index contributed by atoms with van der Waals surface area (Å²) in [5.41, 5.74) is 1.57. The molecule has 0 radical (unpaired) electrons. The monoisotopic (exact) mass is 282 g/mol. The number of halogens is 2. The van der Waals surface area contributed by atoms with Crippen LogP contribution in [0.5, 0.6) is 0 Å². The van der Waals surface area contributed by atoms with Crippen molar-refractivity contribution in [1.29, 1.82) is 0 Å². The topological polar surface area (TPSA) is 40.6 Å². The molecule has 1 aliphatic heterocycles. The molecule has 0 aromatic heterocycles. The Morgan fingerprint density at radius 1 is 1.05 bits per heavy atom. The SMILES string of the molecule is CC(=O)c1ccc(N2CCN(C(=O)C(F)F)CC2)cc1. The van der Waals surface area contributed by atoms with Crippen molar-refractivity contribution in [2.75, 3.05) is 31.1 Å². The average Bonchev–Trinajstić information content (AvgIpc) is 2.46.